The van der Waals surface area contributed by atoms with E-state index >= 15 is 0 Å². The van der Waals surface area contributed by atoms with E-state index in [-0.39, 0.29) is 17.5 Å². The number of methoxy groups -OCH3 is 2. The number of nitrogens with zero attached hydrogens (tertiary/aromatic N) is 1. The summed E-state index contributed by atoms with van der Waals surface area (Å²) >= 11 is 0. The van der Waals surface area contributed by atoms with Gasteiger partial charge in [0.05, 0.1) is 25.3 Å². The van der Waals surface area contributed by atoms with Crippen LogP contribution in [0.4, 0.5) is 0 Å². The first-order chi connectivity index (χ1) is 10.5. The lowest BCUT2D eigenvalue weighted by Crippen LogP contribution is -2.29. The molecule has 0 spiro atoms. The Bertz CT molecular complexity index is 779. The lowest BCUT2D eigenvalue weighted by molar-refractivity contribution is -0.150. The Kier molecular flexibility index (Phi) is 4.57. The third-order valence-electron chi connectivity index (χ3n) is 3.24. The number of ether oxygens (including phenoxy) is 2. The van der Waals surface area contributed by atoms with Crippen molar-refractivity contribution in [3.63, 3.8) is 0 Å². The predicted molar refractivity (Wildman–Crippen MR) is 76.7 cm³/mol. The Morgan fingerprint density at radius 3 is 2.64 bits per heavy atom. The third kappa shape index (κ3) is 2.84. The smallest absolute Gasteiger partial charge is 0.340 e. The van der Waals surface area contributed by atoms with Crippen LogP contribution in [-0.2, 0) is 20.7 Å². The summed E-state index contributed by atoms with van der Waals surface area (Å²) in [6, 6.07) is 6.25. The molecule has 2 heterocycles. The van der Waals surface area contributed by atoms with E-state index in [0.29, 0.717) is 5.52 Å². The van der Waals surface area contributed by atoms with Gasteiger partial charge in [0.25, 0.3) is 5.56 Å². The van der Waals surface area contributed by atoms with Gasteiger partial charge in [0.15, 0.2) is 6.10 Å². The standard InChI is InChI=1S/C15H15NO6/c1-21-14(19)10-7-9(8-12(17)15(20)22-2)13(18)16-6-4-3-5-11(10)16/h3-7,12,17H,8H2,1-2H3/t12-/m0/s1. The molecule has 0 aromatic carbocycles. The molecule has 0 fully saturated rings. The molecule has 2 rings (SSSR count). The molecule has 116 valence electrons. The van der Waals surface area contributed by atoms with Crippen LogP contribution in [-0.4, -0.2) is 41.8 Å². The zero-order valence-electron chi connectivity index (χ0n) is 12.1. The van der Waals surface area contributed by atoms with E-state index in [1.807, 2.05) is 0 Å². The van der Waals surface area contributed by atoms with Gasteiger partial charge in [-0.25, -0.2) is 9.59 Å². The maximum atomic E-state index is 12.4. The van der Waals surface area contributed by atoms with Crippen LogP contribution in [0.5, 0.6) is 0 Å². The van der Waals surface area contributed by atoms with Gasteiger partial charge in [0.1, 0.15) is 0 Å². The zero-order chi connectivity index (χ0) is 16.3. The minimum atomic E-state index is -1.48. The molecule has 0 radical (unpaired) electrons. The molecular formula is C15H15NO6. The maximum Gasteiger partial charge on any atom is 0.340 e. The SMILES string of the molecule is COC(=O)c1cc(C[C@H](O)C(=O)OC)c(=O)n2ccccc12. The maximum absolute atomic E-state index is 12.4. The van der Waals surface area contributed by atoms with Gasteiger partial charge in [-0.15, -0.1) is 0 Å². The summed E-state index contributed by atoms with van der Waals surface area (Å²) in [5, 5.41) is 9.72. The van der Waals surface area contributed by atoms with Crippen molar-refractivity contribution in [1.29, 1.82) is 0 Å². The minimum absolute atomic E-state index is 0.113. The second-order valence-corrected chi connectivity index (χ2v) is 4.58. The van der Waals surface area contributed by atoms with Crippen molar-refractivity contribution in [1.82, 2.24) is 4.40 Å². The molecule has 0 saturated carbocycles. The van der Waals surface area contributed by atoms with E-state index in [1.54, 1.807) is 18.2 Å². The molecule has 0 saturated heterocycles. The first-order valence-corrected chi connectivity index (χ1v) is 6.47. The molecule has 0 bridgehead atoms. The fourth-order valence-electron chi connectivity index (χ4n) is 2.15. The van der Waals surface area contributed by atoms with Gasteiger partial charge < -0.3 is 14.6 Å². The number of esters is 2. The quantitative estimate of drug-likeness (QED) is 0.809. The first-order valence-electron chi connectivity index (χ1n) is 6.47. The molecule has 0 unspecified atom stereocenters. The summed E-state index contributed by atoms with van der Waals surface area (Å²) in [6.45, 7) is 0. The molecule has 2 aromatic heterocycles. The van der Waals surface area contributed by atoms with E-state index in [0.717, 1.165) is 7.11 Å². The van der Waals surface area contributed by atoms with Crippen molar-refractivity contribution in [2.24, 2.45) is 0 Å². The fraction of sp³-hybridized carbons (Fsp3) is 0.267. The highest BCUT2D eigenvalue weighted by molar-refractivity contribution is 5.97. The lowest BCUT2D eigenvalue weighted by Gasteiger charge is -2.11. The van der Waals surface area contributed by atoms with Gasteiger partial charge in [0.2, 0.25) is 0 Å². The summed E-state index contributed by atoms with van der Waals surface area (Å²) in [5.41, 5.74) is 0.249. The number of hydrogen-bond donors (Lipinski definition) is 1. The normalized spacial score (nSPS) is 12.0. The third-order valence-corrected chi connectivity index (χ3v) is 3.24. The van der Waals surface area contributed by atoms with Gasteiger partial charge >= 0.3 is 11.9 Å². The predicted octanol–water partition coefficient (Wildman–Crippen LogP) is 0.162. The van der Waals surface area contributed by atoms with Crippen LogP contribution in [0, 0.1) is 0 Å². The number of pyridine rings is 2. The summed E-state index contributed by atoms with van der Waals surface area (Å²) in [5.74, 6) is -1.46. The van der Waals surface area contributed by atoms with E-state index in [9.17, 15) is 19.5 Å². The number of fused-ring (bicyclic) bond motifs is 1. The molecular weight excluding hydrogens is 290 g/mol. The second-order valence-electron chi connectivity index (χ2n) is 4.58. The van der Waals surface area contributed by atoms with Gasteiger partial charge in [-0.05, 0) is 18.2 Å². The van der Waals surface area contributed by atoms with Crippen LogP contribution in [0.15, 0.2) is 35.3 Å². The van der Waals surface area contributed by atoms with Crippen molar-refractivity contribution in [3.8, 4) is 0 Å². The highest BCUT2D eigenvalue weighted by Crippen LogP contribution is 2.13. The Balaban J connectivity index is 2.60. The van der Waals surface area contributed by atoms with E-state index < -0.39 is 23.6 Å². The average molecular weight is 305 g/mol. The number of carbonyl (C=O) groups is 2. The molecule has 0 amide bonds. The largest absolute Gasteiger partial charge is 0.467 e. The van der Waals surface area contributed by atoms with Crippen molar-refractivity contribution < 1.29 is 24.2 Å². The summed E-state index contributed by atoms with van der Waals surface area (Å²) < 4.78 is 10.4. The van der Waals surface area contributed by atoms with Crippen LogP contribution >= 0.6 is 0 Å². The van der Waals surface area contributed by atoms with Crippen LogP contribution in [0.25, 0.3) is 5.52 Å². The number of aliphatic hydroxyl groups excluding tert-OH is 1. The van der Waals surface area contributed by atoms with Gasteiger partial charge in [0, 0.05) is 18.2 Å². The van der Waals surface area contributed by atoms with Crippen LogP contribution in [0.3, 0.4) is 0 Å². The van der Waals surface area contributed by atoms with Crippen LogP contribution in [0.1, 0.15) is 15.9 Å². The molecule has 1 atom stereocenters. The second kappa shape index (κ2) is 6.40. The highest BCUT2D eigenvalue weighted by atomic mass is 16.5. The summed E-state index contributed by atoms with van der Waals surface area (Å²) in [6.07, 6.45) is -0.240. The Morgan fingerprint density at radius 2 is 2.00 bits per heavy atom. The van der Waals surface area contributed by atoms with Crippen LogP contribution in [0.2, 0.25) is 0 Å². The summed E-state index contributed by atoms with van der Waals surface area (Å²) in [4.78, 5) is 35.6. The van der Waals surface area contributed by atoms with Crippen molar-refractivity contribution >= 4 is 17.5 Å². The minimum Gasteiger partial charge on any atom is -0.467 e. The van der Waals surface area contributed by atoms with E-state index in [4.69, 9.17) is 4.74 Å². The number of aromatic nitrogens is 1. The van der Waals surface area contributed by atoms with Crippen molar-refractivity contribution in [3.05, 3.63) is 51.9 Å². The van der Waals surface area contributed by atoms with Gasteiger partial charge in [-0.3, -0.25) is 9.20 Å². The number of rotatable bonds is 4. The summed E-state index contributed by atoms with van der Waals surface area (Å²) in [7, 11) is 2.37. The molecule has 7 nitrogen and oxygen atoms in total. The van der Waals surface area contributed by atoms with Crippen LogP contribution < -0.4 is 5.56 Å². The molecule has 2 aromatic rings. The molecule has 1 N–H and O–H groups in total. The number of hydrogen-bond acceptors (Lipinski definition) is 6. The van der Waals surface area contributed by atoms with Crippen molar-refractivity contribution in [2.45, 2.75) is 12.5 Å². The lowest BCUT2D eigenvalue weighted by atomic mass is 10.1. The topological polar surface area (TPSA) is 94.3 Å². The molecule has 0 aliphatic rings. The molecule has 0 aliphatic carbocycles. The first kappa shape index (κ1) is 15.7. The van der Waals surface area contributed by atoms with E-state index in [2.05, 4.69) is 4.74 Å². The van der Waals surface area contributed by atoms with Gasteiger partial charge in [-0.1, -0.05) is 6.07 Å². The molecule has 22 heavy (non-hydrogen) atoms. The monoisotopic (exact) mass is 305 g/mol. The van der Waals surface area contributed by atoms with Gasteiger partial charge in [-0.2, -0.15) is 0 Å². The molecule has 0 aliphatic heterocycles. The average Bonchev–Trinajstić information content (AvgIpc) is 2.55. The Labute approximate surface area is 125 Å². The number of carbonyl (C=O) groups excluding carboxylic acids is 2. The fourth-order valence-corrected chi connectivity index (χ4v) is 2.15. The highest BCUT2D eigenvalue weighted by Gasteiger charge is 2.21. The van der Waals surface area contributed by atoms with E-state index in [1.165, 1.54) is 23.8 Å². The Morgan fingerprint density at radius 1 is 1.27 bits per heavy atom. The zero-order valence-corrected chi connectivity index (χ0v) is 12.1. The van der Waals surface area contributed by atoms with Crippen molar-refractivity contribution in [2.75, 3.05) is 14.2 Å². The Hall–Kier alpha value is -2.67. The number of aliphatic hydroxyl groups is 1. The molecule has 7 heteroatoms.